The number of imidazole rings is 1. The molecule has 0 amide bonds. The fraction of sp³-hybridized carbons (Fsp3) is 0.914. The summed E-state index contributed by atoms with van der Waals surface area (Å²) in [6.45, 7) is 9.37. The van der Waals surface area contributed by atoms with Crippen molar-refractivity contribution >= 4 is 0 Å². The molecule has 0 N–H and O–H groups in total. The maximum Gasteiger partial charge on any atom is 0.256 e. The molecular formula is C35H69N2+. The van der Waals surface area contributed by atoms with Crippen molar-refractivity contribution in [1.82, 2.24) is 4.57 Å². The minimum atomic E-state index is 1.21. The van der Waals surface area contributed by atoms with Crippen molar-refractivity contribution in [3.63, 3.8) is 0 Å². The van der Waals surface area contributed by atoms with E-state index in [1.54, 1.807) is 5.82 Å². The van der Waals surface area contributed by atoms with Crippen LogP contribution < -0.4 is 4.57 Å². The SMILES string of the molecule is CCCCCCCCCCCCCCCCCCc1n(CCCCCCCCC)cc[n+]1CCCCC. The van der Waals surface area contributed by atoms with Crippen LogP contribution in [0.15, 0.2) is 12.4 Å². The van der Waals surface area contributed by atoms with Crippen molar-refractivity contribution in [3.8, 4) is 0 Å². The molecule has 0 atom stereocenters. The van der Waals surface area contributed by atoms with Crippen molar-refractivity contribution in [1.29, 1.82) is 0 Å². The fourth-order valence-electron chi connectivity index (χ4n) is 5.80. The number of aromatic nitrogens is 2. The van der Waals surface area contributed by atoms with Crippen LogP contribution in [-0.4, -0.2) is 4.57 Å². The summed E-state index contributed by atoms with van der Waals surface area (Å²) in [5, 5.41) is 0. The Morgan fingerprint density at radius 1 is 0.459 bits per heavy atom. The highest BCUT2D eigenvalue weighted by Gasteiger charge is 2.16. The standard InChI is InChI=1S/C35H69N2/c1-4-7-10-12-14-15-16-17-18-19-20-21-22-23-25-27-30-35-36(31-28-9-6-3)33-34-37(35)32-29-26-24-13-11-8-5-2/h33-34H,4-32H2,1-3H3/q+1. The average molecular weight is 518 g/mol. The highest BCUT2D eigenvalue weighted by Crippen LogP contribution is 2.15. The van der Waals surface area contributed by atoms with Crippen molar-refractivity contribution in [2.75, 3.05) is 0 Å². The van der Waals surface area contributed by atoms with Crippen molar-refractivity contribution in [3.05, 3.63) is 18.2 Å². The van der Waals surface area contributed by atoms with Gasteiger partial charge in [0.2, 0.25) is 0 Å². The van der Waals surface area contributed by atoms with Crippen molar-refractivity contribution < 1.29 is 4.57 Å². The number of hydrogen-bond acceptors (Lipinski definition) is 0. The molecule has 0 unspecified atom stereocenters. The van der Waals surface area contributed by atoms with Gasteiger partial charge in [-0.3, -0.25) is 0 Å². The number of nitrogens with zero attached hydrogens (tertiary/aromatic N) is 2. The lowest BCUT2D eigenvalue weighted by Gasteiger charge is -2.07. The topological polar surface area (TPSA) is 8.81 Å². The number of rotatable bonds is 29. The van der Waals surface area contributed by atoms with Gasteiger partial charge in [-0.1, -0.05) is 156 Å². The summed E-state index contributed by atoms with van der Waals surface area (Å²) in [7, 11) is 0. The maximum absolute atomic E-state index is 2.60. The van der Waals surface area contributed by atoms with Gasteiger partial charge in [0.1, 0.15) is 12.4 Å². The van der Waals surface area contributed by atoms with Crippen LogP contribution in [0.1, 0.15) is 194 Å². The van der Waals surface area contributed by atoms with Gasteiger partial charge in [0.25, 0.3) is 5.82 Å². The third-order valence-electron chi connectivity index (χ3n) is 8.35. The quantitative estimate of drug-likeness (QED) is 0.0737. The number of aryl methyl sites for hydroxylation is 2. The van der Waals surface area contributed by atoms with Crippen LogP contribution in [-0.2, 0) is 19.5 Å². The summed E-state index contributed by atoms with van der Waals surface area (Å²) >= 11 is 0. The van der Waals surface area contributed by atoms with E-state index in [9.17, 15) is 0 Å². The monoisotopic (exact) mass is 518 g/mol. The molecule has 0 saturated heterocycles. The first-order valence-corrected chi connectivity index (χ1v) is 17.4. The summed E-state index contributed by atoms with van der Waals surface area (Å²) < 4.78 is 5.19. The first-order chi connectivity index (χ1) is 18.3. The molecule has 37 heavy (non-hydrogen) atoms. The van der Waals surface area contributed by atoms with Crippen LogP contribution in [0.2, 0.25) is 0 Å². The molecule has 0 aliphatic heterocycles. The largest absolute Gasteiger partial charge is 0.256 e. The lowest BCUT2D eigenvalue weighted by Crippen LogP contribution is -2.37. The molecule has 1 aromatic heterocycles. The molecule has 1 heterocycles. The Morgan fingerprint density at radius 2 is 0.838 bits per heavy atom. The molecule has 0 aliphatic carbocycles. The first-order valence-electron chi connectivity index (χ1n) is 17.4. The van der Waals surface area contributed by atoms with E-state index in [0.717, 1.165) is 0 Å². The average Bonchev–Trinajstić information content (AvgIpc) is 3.29. The Bertz CT molecular complexity index is 576. The van der Waals surface area contributed by atoms with Gasteiger partial charge in [-0.05, 0) is 32.1 Å². The zero-order valence-corrected chi connectivity index (χ0v) is 26.1. The first kappa shape index (κ1) is 34.2. The molecular weight excluding hydrogens is 448 g/mol. The van der Waals surface area contributed by atoms with Gasteiger partial charge in [0.05, 0.1) is 13.1 Å². The Kier molecular flexibility index (Phi) is 24.8. The second-order valence-corrected chi connectivity index (χ2v) is 12.0. The summed E-state index contributed by atoms with van der Waals surface area (Å²) in [5.74, 6) is 1.60. The third-order valence-corrected chi connectivity index (χ3v) is 8.35. The van der Waals surface area contributed by atoms with Crippen molar-refractivity contribution in [2.45, 2.75) is 207 Å². The van der Waals surface area contributed by atoms with Crippen LogP contribution in [0.3, 0.4) is 0 Å². The van der Waals surface area contributed by atoms with Crippen molar-refractivity contribution in [2.24, 2.45) is 0 Å². The van der Waals surface area contributed by atoms with Gasteiger partial charge in [-0.25, -0.2) is 9.13 Å². The Labute approximate surface area is 234 Å². The van der Waals surface area contributed by atoms with Gasteiger partial charge < -0.3 is 0 Å². The van der Waals surface area contributed by atoms with Gasteiger partial charge in [0.15, 0.2) is 0 Å². The second kappa shape index (κ2) is 26.8. The van der Waals surface area contributed by atoms with E-state index in [1.165, 1.54) is 186 Å². The predicted molar refractivity (Wildman–Crippen MR) is 165 cm³/mol. The Morgan fingerprint density at radius 3 is 1.30 bits per heavy atom. The molecule has 0 radical (unpaired) electrons. The summed E-state index contributed by atoms with van der Waals surface area (Å²) in [5.41, 5.74) is 0. The van der Waals surface area contributed by atoms with Gasteiger partial charge >= 0.3 is 0 Å². The Balaban J connectivity index is 2.13. The highest BCUT2D eigenvalue weighted by molar-refractivity contribution is 4.84. The molecule has 2 nitrogen and oxygen atoms in total. The molecule has 0 spiro atoms. The van der Waals surface area contributed by atoms with E-state index in [0.29, 0.717) is 0 Å². The van der Waals surface area contributed by atoms with Gasteiger partial charge in [-0.15, -0.1) is 0 Å². The van der Waals surface area contributed by atoms with E-state index in [1.807, 2.05) is 0 Å². The van der Waals surface area contributed by atoms with Crippen LogP contribution in [0.5, 0.6) is 0 Å². The molecule has 0 bridgehead atoms. The van der Waals surface area contributed by atoms with Crippen LogP contribution in [0.25, 0.3) is 0 Å². The predicted octanol–water partition coefficient (Wildman–Crippen LogP) is 11.5. The highest BCUT2D eigenvalue weighted by atomic mass is 15.1. The number of unbranched alkanes of at least 4 members (excludes halogenated alkanes) is 23. The smallest absolute Gasteiger partial charge is 0.234 e. The minimum Gasteiger partial charge on any atom is -0.234 e. The molecule has 218 valence electrons. The molecule has 1 rings (SSSR count). The molecule has 0 fully saturated rings. The van der Waals surface area contributed by atoms with Gasteiger partial charge in [-0.2, -0.15) is 0 Å². The third kappa shape index (κ3) is 19.9. The molecule has 1 aromatic rings. The maximum atomic E-state index is 2.60. The normalized spacial score (nSPS) is 11.5. The van der Waals surface area contributed by atoms with E-state index in [4.69, 9.17) is 0 Å². The van der Waals surface area contributed by atoms with E-state index < -0.39 is 0 Å². The lowest BCUT2D eigenvalue weighted by atomic mass is 10.0. The molecule has 0 aromatic carbocycles. The number of hydrogen-bond donors (Lipinski definition) is 0. The van der Waals surface area contributed by atoms with E-state index in [-0.39, 0.29) is 0 Å². The lowest BCUT2D eigenvalue weighted by molar-refractivity contribution is -0.704. The summed E-state index contributed by atoms with van der Waals surface area (Å²) in [6, 6.07) is 0. The zero-order valence-electron chi connectivity index (χ0n) is 26.1. The summed E-state index contributed by atoms with van der Waals surface area (Å²) in [6.07, 6.45) is 43.0. The molecule has 2 heteroatoms. The second-order valence-electron chi connectivity index (χ2n) is 12.0. The van der Waals surface area contributed by atoms with Crippen LogP contribution in [0, 0.1) is 0 Å². The van der Waals surface area contributed by atoms with E-state index in [2.05, 4.69) is 42.3 Å². The molecule has 0 saturated carbocycles. The fourth-order valence-corrected chi connectivity index (χ4v) is 5.80. The Hall–Kier alpha value is -0.790. The van der Waals surface area contributed by atoms with Crippen LogP contribution in [0.4, 0.5) is 0 Å². The minimum absolute atomic E-state index is 1.21. The van der Waals surface area contributed by atoms with Gasteiger partial charge in [0, 0.05) is 6.42 Å². The molecule has 0 aliphatic rings. The van der Waals surface area contributed by atoms with E-state index >= 15 is 0 Å². The zero-order chi connectivity index (χ0) is 26.7. The summed E-state index contributed by atoms with van der Waals surface area (Å²) in [4.78, 5) is 0. The van der Waals surface area contributed by atoms with Crippen LogP contribution >= 0.6 is 0 Å².